The Morgan fingerprint density at radius 2 is 2.00 bits per heavy atom. The maximum Gasteiger partial charge on any atom is 0.233 e. The summed E-state index contributed by atoms with van der Waals surface area (Å²) in [6, 6.07) is 3.55. The second kappa shape index (κ2) is 6.67. The van der Waals surface area contributed by atoms with E-state index in [1.165, 1.54) is 34.4 Å². The van der Waals surface area contributed by atoms with Crippen LogP contribution in [0, 0.1) is 0 Å². The number of fused-ring (bicyclic) bond motifs is 1. The minimum absolute atomic E-state index is 0.555. The van der Waals surface area contributed by atoms with E-state index in [-0.39, 0.29) is 0 Å². The Morgan fingerprint density at radius 1 is 1.18 bits per heavy atom. The molecule has 0 aliphatic rings. The molecule has 0 spiro atoms. The fourth-order valence-corrected chi connectivity index (χ4v) is 5.18. The molecule has 22 heavy (non-hydrogen) atoms. The summed E-state index contributed by atoms with van der Waals surface area (Å²) < 4.78 is 2.58. The highest BCUT2D eigenvalue weighted by Gasteiger charge is 2.12. The van der Waals surface area contributed by atoms with Crippen molar-refractivity contribution in [1.29, 1.82) is 0 Å². The van der Waals surface area contributed by atoms with E-state index in [1.54, 1.807) is 12.4 Å². The van der Waals surface area contributed by atoms with Crippen LogP contribution in [0.25, 0.3) is 10.2 Å². The zero-order valence-electron chi connectivity index (χ0n) is 11.4. The molecule has 3 aromatic rings. The summed E-state index contributed by atoms with van der Waals surface area (Å²) in [6.07, 6.45) is 1.69. The molecule has 1 aromatic carbocycles. The number of thiazole rings is 1. The average Bonchev–Trinajstić information content (AvgIpc) is 3.03. The highest BCUT2D eigenvalue weighted by Crippen LogP contribution is 2.39. The van der Waals surface area contributed by atoms with Crippen molar-refractivity contribution in [3.8, 4) is 0 Å². The number of rotatable bonds is 4. The molecule has 0 N–H and O–H groups in total. The minimum atomic E-state index is 0.555. The van der Waals surface area contributed by atoms with E-state index in [2.05, 4.69) is 20.2 Å². The van der Waals surface area contributed by atoms with Gasteiger partial charge in [0.15, 0.2) is 8.68 Å². The molecule has 0 unspecified atom stereocenters. The van der Waals surface area contributed by atoms with Crippen molar-refractivity contribution in [2.75, 3.05) is 14.1 Å². The van der Waals surface area contributed by atoms with E-state index in [9.17, 15) is 0 Å². The van der Waals surface area contributed by atoms with Crippen LogP contribution < -0.4 is 0 Å². The number of halogens is 2. The van der Waals surface area contributed by atoms with Gasteiger partial charge < -0.3 is 4.90 Å². The Labute approximate surface area is 149 Å². The summed E-state index contributed by atoms with van der Waals surface area (Å²) in [5.74, 6) is 0. The summed E-state index contributed by atoms with van der Waals surface area (Å²) >= 11 is 16.5. The van der Waals surface area contributed by atoms with Gasteiger partial charge in [0.1, 0.15) is 5.52 Å². The number of aliphatic imine (C=N–C) groups is 1. The van der Waals surface area contributed by atoms with E-state index < -0.39 is 0 Å². The second-order valence-corrected chi connectivity index (χ2v) is 8.70. The topological polar surface area (TPSA) is 54.3 Å². The Bertz CT molecular complexity index is 843. The summed E-state index contributed by atoms with van der Waals surface area (Å²) in [4.78, 5) is 10.6. The molecule has 0 aliphatic heterocycles. The molecule has 3 rings (SSSR count). The highest BCUT2D eigenvalue weighted by molar-refractivity contribution is 8.02. The molecule has 0 saturated heterocycles. The van der Waals surface area contributed by atoms with E-state index in [4.69, 9.17) is 23.2 Å². The van der Waals surface area contributed by atoms with Crippen LogP contribution in [-0.2, 0) is 0 Å². The Morgan fingerprint density at radius 3 is 2.77 bits per heavy atom. The van der Waals surface area contributed by atoms with Crippen LogP contribution in [-0.4, -0.2) is 40.5 Å². The van der Waals surface area contributed by atoms with Crippen molar-refractivity contribution < 1.29 is 0 Å². The first-order valence-corrected chi connectivity index (χ1v) is 9.19. The molecule has 5 nitrogen and oxygen atoms in total. The molecule has 0 atom stereocenters. The maximum absolute atomic E-state index is 6.15. The maximum atomic E-state index is 6.15. The Kier molecular flexibility index (Phi) is 4.84. The van der Waals surface area contributed by atoms with Gasteiger partial charge in [0.05, 0.1) is 16.1 Å². The third-order valence-electron chi connectivity index (χ3n) is 2.36. The first-order chi connectivity index (χ1) is 10.5. The zero-order chi connectivity index (χ0) is 15.7. The summed E-state index contributed by atoms with van der Waals surface area (Å²) in [6.45, 7) is 0. The van der Waals surface area contributed by atoms with Gasteiger partial charge in [0, 0.05) is 19.1 Å². The molecule has 0 bridgehead atoms. The average molecular weight is 390 g/mol. The quantitative estimate of drug-likeness (QED) is 0.472. The van der Waals surface area contributed by atoms with Crippen LogP contribution in [0.5, 0.6) is 0 Å². The first-order valence-electron chi connectivity index (χ1n) is 5.99. The molecule has 0 saturated carbocycles. The molecule has 0 amide bonds. The van der Waals surface area contributed by atoms with Crippen molar-refractivity contribution in [3.63, 3.8) is 0 Å². The lowest BCUT2D eigenvalue weighted by Gasteiger charge is -1.99. The third-order valence-corrected chi connectivity index (χ3v) is 5.81. The second-order valence-electron chi connectivity index (χ2n) is 4.37. The van der Waals surface area contributed by atoms with Gasteiger partial charge in [-0.1, -0.05) is 34.5 Å². The molecule has 0 radical (unpaired) electrons. The predicted octanol–water partition coefficient (Wildman–Crippen LogP) is 4.83. The van der Waals surface area contributed by atoms with Crippen LogP contribution in [0.4, 0.5) is 5.13 Å². The van der Waals surface area contributed by atoms with Crippen molar-refractivity contribution in [3.05, 3.63) is 22.2 Å². The van der Waals surface area contributed by atoms with Crippen LogP contribution in [0.3, 0.4) is 0 Å². The van der Waals surface area contributed by atoms with Crippen LogP contribution in [0.15, 0.2) is 25.8 Å². The number of aromatic nitrogens is 3. The Balaban J connectivity index is 1.83. The molecule has 10 heteroatoms. The number of benzene rings is 1. The third kappa shape index (κ3) is 3.69. The van der Waals surface area contributed by atoms with Crippen molar-refractivity contribution in [2.45, 2.75) is 8.68 Å². The normalized spacial score (nSPS) is 11.6. The smallest absolute Gasteiger partial charge is 0.233 e. The largest absolute Gasteiger partial charge is 0.369 e. The zero-order valence-corrected chi connectivity index (χ0v) is 15.4. The lowest BCUT2D eigenvalue weighted by atomic mass is 10.3. The summed E-state index contributed by atoms with van der Waals surface area (Å²) in [5, 5.41) is 9.90. The van der Waals surface area contributed by atoms with Crippen molar-refractivity contribution in [1.82, 2.24) is 20.1 Å². The Hall–Kier alpha value is -0.930. The fourth-order valence-electron chi connectivity index (χ4n) is 1.52. The highest BCUT2D eigenvalue weighted by atomic mass is 35.5. The van der Waals surface area contributed by atoms with E-state index in [0.29, 0.717) is 15.2 Å². The minimum Gasteiger partial charge on any atom is -0.369 e. The molecule has 0 aliphatic carbocycles. The van der Waals surface area contributed by atoms with E-state index in [0.717, 1.165) is 18.9 Å². The van der Waals surface area contributed by atoms with Crippen LogP contribution in [0.1, 0.15) is 0 Å². The molecular formula is C12H9Cl2N5S3. The number of hydrogen-bond donors (Lipinski definition) is 0. The lowest BCUT2D eigenvalue weighted by molar-refractivity contribution is 0.643. The molecule has 0 fully saturated rings. The van der Waals surface area contributed by atoms with Gasteiger partial charge in [-0.3, -0.25) is 0 Å². The van der Waals surface area contributed by atoms with Gasteiger partial charge >= 0.3 is 0 Å². The van der Waals surface area contributed by atoms with E-state index in [1.807, 2.05) is 25.1 Å². The van der Waals surface area contributed by atoms with Crippen LogP contribution >= 0.6 is 57.6 Å². The van der Waals surface area contributed by atoms with Gasteiger partial charge in [-0.05, 0) is 23.9 Å². The number of nitrogens with zero attached hydrogens (tertiary/aromatic N) is 5. The molecular weight excluding hydrogens is 381 g/mol. The lowest BCUT2D eigenvalue weighted by Crippen LogP contribution is -2.06. The first kappa shape index (κ1) is 15.9. The van der Waals surface area contributed by atoms with Gasteiger partial charge in [0.25, 0.3) is 0 Å². The fraction of sp³-hybridized carbons (Fsp3) is 0.167. The summed E-state index contributed by atoms with van der Waals surface area (Å²) in [5.41, 5.74) is 0.758. The van der Waals surface area contributed by atoms with Crippen LogP contribution in [0.2, 0.25) is 10.0 Å². The monoisotopic (exact) mass is 389 g/mol. The molecule has 2 aromatic heterocycles. The molecule has 114 valence electrons. The van der Waals surface area contributed by atoms with Gasteiger partial charge in [-0.25, -0.2) is 9.98 Å². The predicted molar refractivity (Wildman–Crippen MR) is 95.5 cm³/mol. The summed E-state index contributed by atoms with van der Waals surface area (Å²) in [7, 11) is 3.80. The standard InChI is InChI=1S/C12H9Cl2N5S3/c1-19(2)5-15-10-17-18-12(21-10)22-11-16-9-7(14)3-6(13)4-8(9)20-11/h3-5H,1-2H3/b15-5+. The SMILES string of the molecule is CN(C)/C=N/c1nnc(Sc2nc3c(Cl)cc(Cl)cc3s2)s1. The van der Waals surface area contributed by atoms with Gasteiger partial charge in [0.2, 0.25) is 5.13 Å². The molecule has 2 heterocycles. The van der Waals surface area contributed by atoms with Gasteiger partial charge in [-0.15, -0.1) is 21.5 Å². The van der Waals surface area contributed by atoms with Gasteiger partial charge in [-0.2, -0.15) is 0 Å². The number of hydrogen-bond acceptors (Lipinski definition) is 7. The van der Waals surface area contributed by atoms with Crippen molar-refractivity contribution >= 4 is 79.3 Å². The van der Waals surface area contributed by atoms with Crippen molar-refractivity contribution in [2.24, 2.45) is 4.99 Å². The van der Waals surface area contributed by atoms with E-state index >= 15 is 0 Å².